The molecule has 0 aliphatic rings. The van der Waals surface area contributed by atoms with Gasteiger partial charge in [0.05, 0.1) is 23.3 Å². The summed E-state index contributed by atoms with van der Waals surface area (Å²) in [5.41, 5.74) is 5.75. The van der Waals surface area contributed by atoms with Crippen molar-refractivity contribution < 1.29 is 5.21 Å². The monoisotopic (exact) mass is 297 g/mol. The van der Waals surface area contributed by atoms with Crippen molar-refractivity contribution in [3.8, 4) is 0 Å². The van der Waals surface area contributed by atoms with E-state index in [0.29, 0.717) is 18.1 Å². The van der Waals surface area contributed by atoms with E-state index in [-0.39, 0.29) is 5.84 Å². The molecule has 0 fully saturated rings. The molecule has 0 atom stereocenters. The van der Waals surface area contributed by atoms with Crippen LogP contribution in [0.1, 0.15) is 10.6 Å². The van der Waals surface area contributed by atoms with Crippen LogP contribution in [0.15, 0.2) is 29.7 Å². The van der Waals surface area contributed by atoms with Crippen LogP contribution in [0.5, 0.6) is 0 Å². The summed E-state index contributed by atoms with van der Waals surface area (Å²) in [6, 6.07) is 3.84. The number of aromatic nitrogens is 2. The van der Waals surface area contributed by atoms with Crippen molar-refractivity contribution in [2.75, 3.05) is 11.9 Å². The Bertz CT molecular complexity index is 583. The van der Waals surface area contributed by atoms with E-state index in [2.05, 4.69) is 15.1 Å². The molecule has 0 bridgehead atoms. The summed E-state index contributed by atoms with van der Waals surface area (Å²) in [6.45, 7) is 0.689. The van der Waals surface area contributed by atoms with E-state index in [1.165, 1.54) is 17.5 Å². The van der Waals surface area contributed by atoms with Crippen LogP contribution in [0.25, 0.3) is 0 Å². The van der Waals surface area contributed by atoms with Gasteiger partial charge in [-0.3, -0.25) is 0 Å². The molecule has 6 nitrogen and oxygen atoms in total. The number of rotatable bonds is 4. The predicted molar refractivity (Wildman–Crippen MR) is 76.0 cm³/mol. The maximum Gasteiger partial charge on any atom is 0.190 e. The van der Waals surface area contributed by atoms with Crippen molar-refractivity contribution >= 4 is 34.6 Å². The zero-order chi connectivity index (χ0) is 13.8. The van der Waals surface area contributed by atoms with Crippen molar-refractivity contribution in [2.24, 2.45) is 10.9 Å². The Morgan fingerprint density at radius 3 is 2.79 bits per heavy atom. The Balaban J connectivity index is 2.09. The lowest BCUT2D eigenvalue weighted by Gasteiger charge is -2.16. The molecule has 0 aliphatic carbocycles. The van der Waals surface area contributed by atoms with Crippen LogP contribution in [0.4, 0.5) is 5.82 Å². The summed E-state index contributed by atoms with van der Waals surface area (Å²) in [5, 5.41) is 11.4. The molecule has 2 rings (SSSR count). The van der Waals surface area contributed by atoms with Crippen LogP contribution < -0.4 is 10.6 Å². The molecule has 100 valence electrons. The highest BCUT2D eigenvalue weighted by atomic mass is 35.5. The number of anilines is 1. The van der Waals surface area contributed by atoms with Crippen molar-refractivity contribution in [1.82, 2.24) is 9.97 Å². The number of hydrogen-bond acceptors (Lipinski definition) is 6. The van der Waals surface area contributed by atoms with Crippen LogP contribution in [0.2, 0.25) is 4.34 Å². The third-order valence-corrected chi connectivity index (χ3v) is 3.64. The van der Waals surface area contributed by atoms with Gasteiger partial charge >= 0.3 is 0 Å². The van der Waals surface area contributed by atoms with Crippen LogP contribution >= 0.6 is 22.9 Å². The molecule has 19 heavy (non-hydrogen) atoms. The number of oxime groups is 1. The van der Waals surface area contributed by atoms with Crippen molar-refractivity contribution in [2.45, 2.75) is 6.54 Å². The fraction of sp³-hybridized carbons (Fsp3) is 0.182. The summed E-state index contributed by atoms with van der Waals surface area (Å²) in [4.78, 5) is 11.4. The van der Waals surface area contributed by atoms with E-state index in [9.17, 15) is 0 Å². The minimum Gasteiger partial charge on any atom is -0.409 e. The lowest BCUT2D eigenvalue weighted by Crippen LogP contribution is -2.19. The van der Waals surface area contributed by atoms with Gasteiger partial charge in [-0.05, 0) is 12.1 Å². The molecule has 0 unspecified atom stereocenters. The fourth-order valence-corrected chi connectivity index (χ4v) is 2.59. The van der Waals surface area contributed by atoms with Crippen LogP contribution in [-0.4, -0.2) is 28.1 Å². The van der Waals surface area contributed by atoms with Crippen molar-refractivity contribution in [3.63, 3.8) is 0 Å². The van der Waals surface area contributed by atoms with Gasteiger partial charge in [-0.25, -0.2) is 9.97 Å². The molecular weight excluding hydrogens is 286 g/mol. The topological polar surface area (TPSA) is 87.6 Å². The molecule has 0 amide bonds. The van der Waals surface area contributed by atoms with E-state index in [1.54, 1.807) is 6.20 Å². The second-order valence-electron chi connectivity index (χ2n) is 3.81. The largest absolute Gasteiger partial charge is 0.409 e. The van der Waals surface area contributed by atoms with Crippen molar-refractivity contribution in [1.29, 1.82) is 0 Å². The molecule has 2 aromatic rings. The van der Waals surface area contributed by atoms with E-state index in [0.717, 1.165) is 9.21 Å². The third kappa shape index (κ3) is 3.33. The highest BCUT2D eigenvalue weighted by molar-refractivity contribution is 7.16. The summed E-state index contributed by atoms with van der Waals surface area (Å²) in [6.07, 6.45) is 3.03. The van der Waals surface area contributed by atoms with E-state index in [4.69, 9.17) is 22.5 Å². The summed E-state index contributed by atoms with van der Waals surface area (Å²) >= 11 is 7.41. The number of halogens is 1. The SMILES string of the molecule is CN(Cc1ccc(Cl)s1)c1cnc(C(N)=NO)cn1. The second-order valence-corrected chi connectivity index (χ2v) is 5.61. The smallest absolute Gasteiger partial charge is 0.190 e. The average molecular weight is 298 g/mol. The molecule has 0 saturated heterocycles. The molecule has 0 radical (unpaired) electrons. The Morgan fingerprint density at radius 1 is 1.47 bits per heavy atom. The zero-order valence-corrected chi connectivity index (χ0v) is 11.7. The maximum absolute atomic E-state index is 8.54. The molecule has 0 spiro atoms. The third-order valence-electron chi connectivity index (χ3n) is 2.42. The second kappa shape index (κ2) is 5.85. The molecule has 0 saturated carbocycles. The van der Waals surface area contributed by atoms with E-state index < -0.39 is 0 Å². The van der Waals surface area contributed by atoms with Gasteiger partial charge in [-0.1, -0.05) is 16.8 Å². The number of thiophene rings is 1. The Morgan fingerprint density at radius 2 is 2.26 bits per heavy atom. The number of amidine groups is 1. The van der Waals surface area contributed by atoms with Gasteiger partial charge in [-0.15, -0.1) is 11.3 Å². The Kier molecular flexibility index (Phi) is 4.18. The first-order chi connectivity index (χ1) is 9.10. The number of nitrogens with two attached hydrogens (primary N) is 1. The quantitative estimate of drug-likeness (QED) is 0.390. The molecule has 8 heteroatoms. The summed E-state index contributed by atoms with van der Waals surface area (Å²) < 4.78 is 0.761. The first-order valence-corrected chi connectivity index (χ1v) is 6.55. The Hall–Kier alpha value is -1.86. The first-order valence-electron chi connectivity index (χ1n) is 5.35. The summed E-state index contributed by atoms with van der Waals surface area (Å²) in [7, 11) is 1.90. The maximum atomic E-state index is 8.54. The molecular formula is C11H12ClN5OS. The number of nitrogens with zero attached hydrogens (tertiary/aromatic N) is 4. The number of hydrogen-bond donors (Lipinski definition) is 2. The molecule has 0 aliphatic heterocycles. The van der Waals surface area contributed by atoms with Gasteiger partial charge in [0.15, 0.2) is 5.84 Å². The van der Waals surface area contributed by atoms with Crippen LogP contribution in [0, 0.1) is 0 Å². The minimum atomic E-state index is -0.0632. The standard InChI is InChI=1S/C11H12ClN5OS/c1-17(6-7-2-3-9(12)19-7)10-5-14-8(4-15-10)11(13)16-18/h2-5,18H,6H2,1H3,(H2,13,16). The van der Waals surface area contributed by atoms with Gasteiger partial charge in [0.1, 0.15) is 11.5 Å². The highest BCUT2D eigenvalue weighted by Crippen LogP contribution is 2.23. The van der Waals surface area contributed by atoms with E-state index in [1.807, 2.05) is 24.1 Å². The lowest BCUT2D eigenvalue weighted by atomic mass is 10.4. The zero-order valence-electron chi connectivity index (χ0n) is 10.1. The van der Waals surface area contributed by atoms with Gasteiger partial charge in [0.25, 0.3) is 0 Å². The van der Waals surface area contributed by atoms with Gasteiger partial charge in [0.2, 0.25) is 0 Å². The van der Waals surface area contributed by atoms with Crippen LogP contribution in [0.3, 0.4) is 0 Å². The molecule has 2 aromatic heterocycles. The van der Waals surface area contributed by atoms with Gasteiger partial charge in [-0.2, -0.15) is 0 Å². The molecule has 2 heterocycles. The molecule has 3 N–H and O–H groups in total. The first kappa shape index (κ1) is 13.6. The fourth-order valence-electron chi connectivity index (χ4n) is 1.45. The highest BCUT2D eigenvalue weighted by Gasteiger charge is 2.08. The summed E-state index contributed by atoms with van der Waals surface area (Å²) in [5.74, 6) is 0.630. The minimum absolute atomic E-state index is 0.0632. The van der Waals surface area contributed by atoms with Gasteiger partial charge < -0.3 is 15.8 Å². The lowest BCUT2D eigenvalue weighted by molar-refractivity contribution is 0.318. The Labute approximate surface area is 119 Å². The van der Waals surface area contributed by atoms with E-state index >= 15 is 0 Å². The van der Waals surface area contributed by atoms with Crippen LogP contribution in [-0.2, 0) is 6.54 Å². The molecule has 0 aromatic carbocycles. The average Bonchev–Trinajstić information content (AvgIpc) is 2.83. The van der Waals surface area contributed by atoms with Crippen molar-refractivity contribution in [3.05, 3.63) is 39.4 Å². The van der Waals surface area contributed by atoms with Gasteiger partial charge in [0, 0.05) is 11.9 Å². The predicted octanol–water partition coefficient (Wildman–Crippen LogP) is 1.92. The normalized spacial score (nSPS) is 11.6.